The van der Waals surface area contributed by atoms with Crippen molar-refractivity contribution >= 4 is 5.91 Å². The number of nitrogens with zero attached hydrogens (tertiary/aromatic N) is 4. The SMILES string of the molecule is O=C(c1cc(OCc2ccccc2)ncn1)N1CCN(C2CCCCC2)CC1. The molecule has 1 saturated heterocycles. The first-order valence-corrected chi connectivity index (χ1v) is 10.3. The molecule has 1 saturated carbocycles. The fourth-order valence-electron chi connectivity index (χ4n) is 4.17. The highest BCUT2D eigenvalue weighted by atomic mass is 16.5. The van der Waals surface area contributed by atoms with E-state index in [0.717, 1.165) is 31.7 Å². The Morgan fingerprint density at radius 1 is 1.00 bits per heavy atom. The van der Waals surface area contributed by atoms with Gasteiger partial charge in [0, 0.05) is 38.3 Å². The zero-order valence-corrected chi connectivity index (χ0v) is 16.3. The number of hydrogen-bond donors (Lipinski definition) is 0. The lowest BCUT2D eigenvalue weighted by Gasteiger charge is -2.40. The van der Waals surface area contributed by atoms with Crippen molar-refractivity contribution in [1.29, 1.82) is 0 Å². The Labute approximate surface area is 166 Å². The Bertz CT molecular complexity index is 769. The highest BCUT2D eigenvalue weighted by Crippen LogP contribution is 2.24. The summed E-state index contributed by atoms with van der Waals surface area (Å²) in [5.74, 6) is 0.401. The number of carbonyl (C=O) groups excluding carboxylic acids is 1. The van der Waals surface area contributed by atoms with Crippen molar-refractivity contribution < 1.29 is 9.53 Å². The first-order chi connectivity index (χ1) is 13.8. The molecule has 1 aromatic carbocycles. The Kier molecular flexibility index (Phi) is 6.17. The van der Waals surface area contributed by atoms with Crippen LogP contribution >= 0.6 is 0 Å². The number of piperazine rings is 1. The average Bonchev–Trinajstić information content (AvgIpc) is 2.79. The molecule has 2 fully saturated rings. The summed E-state index contributed by atoms with van der Waals surface area (Å²) in [6, 6.07) is 12.3. The number of amides is 1. The first kappa shape index (κ1) is 18.9. The van der Waals surface area contributed by atoms with E-state index in [0.29, 0.717) is 24.2 Å². The molecule has 0 atom stereocenters. The maximum absolute atomic E-state index is 12.9. The Morgan fingerprint density at radius 3 is 2.50 bits per heavy atom. The first-order valence-electron chi connectivity index (χ1n) is 10.3. The van der Waals surface area contributed by atoms with Crippen LogP contribution in [0.5, 0.6) is 5.88 Å². The van der Waals surface area contributed by atoms with Crippen LogP contribution in [-0.2, 0) is 6.61 Å². The second kappa shape index (κ2) is 9.15. The van der Waals surface area contributed by atoms with Gasteiger partial charge < -0.3 is 9.64 Å². The topological polar surface area (TPSA) is 58.6 Å². The maximum Gasteiger partial charge on any atom is 0.272 e. The standard InChI is InChI=1S/C22H28N4O2/c27-22(26-13-11-25(12-14-26)19-9-5-2-6-10-19)20-15-21(24-17-23-20)28-16-18-7-3-1-4-8-18/h1,3-4,7-8,15,17,19H,2,5-6,9-14,16H2. The van der Waals surface area contributed by atoms with Gasteiger partial charge in [0.15, 0.2) is 0 Å². The van der Waals surface area contributed by atoms with Crippen LogP contribution in [-0.4, -0.2) is 57.9 Å². The van der Waals surface area contributed by atoms with Crippen LogP contribution in [0, 0.1) is 0 Å². The minimum atomic E-state index is -0.0322. The average molecular weight is 380 g/mol. The second-order valence-electron chi connectivity index (χ2n) is 7.64. The summed E-state index contributed by atoms with van der Waals surface area (Å²) in [6.07, 6.45) is 8.08. The van der Waals surface area contributed by atoms with Crippen LogP contribution in [0.25, 0.3) is 0 Å². The molecule has 1 aromatic heterocycles. The van der Waals surface area contributed by atoms with Crippen molar-refractivity contribution in [2.75, 3.05) is 26.2 Å². The molecule has 148 valence electrons. The van der Waals surface area contributed by atoms with Gasteiger partial charge in [-0.15, -0.1) is 0 Å². The van der Waals surface area contributed by atoms with Crippen molar-refractivity contribution in [3.8, 4) is 5.88 Å². The lowest BCUT2D eigenvalue weighted by atomic mass is 9.94. The molecule has 1 aliphatic carbocycles. The predicted octanol–water partition coefficient (Wildman–Crippen LogP) is 3.15. The van der Waals surface area contributed by atoms with Gasteiger partial charge >= 0.3 is 0 Å². The van der Waals surface area contributed by atoms with Crippen LogP contribution in [0.2, 0.25) is 0 Å². The van der Waals surface area contributed by atoms with Crippen LogP contribution < -0.4 is 4.74 Å². The molecule has 4 rings (SSSR count). The molecule has 28 heavy (non-hydrogen) atoms. The van der Waals surface area contributed by atoms with E-state index in [1.165, 1.54) is 38.4 Å². The predicted molar refractivity (Wildman–Crippen MR) is 107 cm³/mol. The van der Waals surface area contributed by atoms with Gasteiger partial charge in [-0.25, -0.2) is 9.97 Å². The summed E-state index contributed by atoms with van der Waals surface area (Å²) in [6.45, 7) is 3.86. The molecular formula is C22H28N4O2. The van der Waals surface area contributed by atoms with E-state index >= 15 is 0 Å². The third-order valence-electron chi connectivity index (χ3n) is 5.78. The fraction of sp³-hybridized carbons (Fsp3) is 0.500. The van der Waals surface area contributed by atoms with Crippen LogP contribution in [0.3, 0.4) is 0 Å². The molecule has 1 aliphatic heterocycles. The molecular weight excluding hydrogens is 352 g/mol. The monoisotopic (exact) mass is 380 g/mol. The number of benzene rings is 1. The van der Waals surface area contributed by atoms with Crippen molar-refractivity contribution in [3.05, 3.63) is 54.0 Å². The lowest BCUT2D eigenvalue weighted by molar-refractivity contribution is 0.0517. The number of ether oxygens (including phenoxy) is 1. The van der Waals surface area contributed by atoms with Gasteiger partial charge in [-0.3, -0.25) is 9.69 Å². The van der Waals surface area contributed by atoms with Crippen LogP contribution in [0.4, 0.5) is 0 Å². The van der Waals surface area contributed by atoms with E-state index in [2.05, 4.69) is 14.9 Å². The number of rotatable bonds is 5. The number of hydrogen-bond acceptors (Lipinski definition) is 5. The quantitative estimate of drug-likeness (QED) is 0.798. The van der Waals surface area contributed by atoms with Crippen LogP contribution in [0.1, 0.15) is 48.2 Å². The van der Waals surface area contributed by atoms with Gasteiger partial charge in [0.2, 0.25) is 5.88 Å². The van der Waals surface area contributed by atoms with Gasteiger partial charge in [-0.2, -0.15) is 0 Å². The highest BCUT2D eigenvalue weighted by molar-refractivity contribution is 5.92. The Morgan fingerprint density at radius 2 is 1.75 bits per heavy atom. The smallest absolute Gasteiger partial charge is 0.272 e. The minimum Gasteiger partial charge on any atom is -0.473 e. The second-order valence-corrected chi connectivity index (χ2v) is 7.64. The summed E-state index contributed by atoms with van der Waals surface area (Å²) in [7, 11) is 0. The maximum atomic E-state index is 12.9. The fourth-order valence-corrected chi connectivity index (χ4v) is 4.17. The highest BCUT2D eigenvalue weighted by Gasteiger charge is 2.28. The van der Waals surface area contributed by atoms with E-state index in [9.17, 15) is 4.79 Å². The van der Waals surface area contributed by atoms with Gasteiger partial charge in [0.1, 0.15) is 18.6 Å². The normalized spacial score (nSPS) is 18.8. The summed E-state index contributed by atoms with van der Waals surface area (Å²) in [4.78, 5) is 25.7. The molecule has 0 bridgehead atoms. The lowest BCUT2D eigenvalue weighted by Crippen LogP contribution is -2.52. The molecule has 2 heterocycles. The number of aromatic nitrogens is 2. The van der Waals surface area contributed by atoms with E-state index < -0.39 is 0 Å². The molecule has 1 amide bonds. The van der Waals surface area contributed by atoms with E-state index in [1.54, 1.807) is 6.07 Å². The van der Waals surface area contributed by atoms with Crippen molar-refractivity contribution in [1.82, 2.24) is 19.8 Å². The van der Waals surface area contributed by atoms with Crippen LogP contribution in [0.15, 0.2) is 42.7 Å². The summed E-state index contributed by atoms with van der Waals surface area (Å²) >= 11 is 0. The summed E-state index contributed by atoms with van der Waals surface area (Å²) in [5.41, 5.74) is 1.47. The van der Waals surface area contributed by atoms with Crippen molar-refractivity contribution in [2.45, 2.75) is 44.8 Å². The van der Waals surface area contributed by atoms with Gasteiger partial charge in [-0.1, -0.05) is 49.6 Å². The van der Waals surface area contributed by atoms with E-state index in [-0.39, 0.29) is 5.91 Å². The molecule has 6 nitrogen and oxygen atoms in total. The van der Waals surface area contributed by atoms with E-state index in [1.807, 2.05) is 35.2 Å². The van der Waals surface area contributed by atoms with Gasteiger partial charge in [0.25, 0.3) is 5.91 Å². The minimum absolute atomic E-state index is 0.0322. The Balaban J connectivity index is 1.32. The molecule has 0 unspecified atom stereocenters. The van der Waals surface area contributed by atoms with Gasteiger partial charge in [0.05, 0.1) is 0 Å². The van der Waals surface area contributed by atoms with Crippen molar-refractivity contribution in [2.24, 2.45) is 0 Å². The third kappa shape index (κ3) is 4.68. The molecule has 0 radical (unpaired) electrons. The zero-order valence-electron chi connectivity index (χ0n) is 16.3. The van der Waals surface area contributed by atoms with E-state index in [4.69, 9.17) is 4.74 Å². The molecule has 2 aromatic rings. The number of carbonyl (C=O) groups is 1. The molecule has 2 aliphatic rings. The largest absolute Gasteiger partial charge is 0.473 e. The Hall–Kier alpha value is -2.47. The third-order valence-corrected chi connectivity index (χ3v) is 5.78. The zero-order chi connectivity index (χ0) is 19.2. The van der Waals surface area contributed by atoms with Gasteiger partial charge in [-0.05, 0) is 18.4 Å². The molecule has 0 N–H and O–H groups in total. The molecule has 6 heteroatoms. The summed E-state index contributed by atoms with van der Waals surface area (Å²) in [5, 5.41) is 0. The van der Waals surface area contributed by atoms with Crippen molar-refractivity contribution in [3.63, 3.8) is 0 Å². The molecule has 0 spiro atoms. The summed E-state index contributed by atoms with van der Waals surface area (Å²) < 4.78 is 5.74.